The lowest BCUT2D eigenvalue weighted by molar-refractivity contribution is -0.00853. The molecule has 4 rings (SSSR count). The van der Waals surface area contributed by atoms with Gasteiger partial charge in [-0.25, -0.2) is 19.7 Å². The molecule has 2 aromatic rings. The summed E-state index contributed by atoms with van der Waals surface area (Å²) in [7, 11) is 0. The molecule has 2 aromatic heterocycles. The fraction of sp³-hybridized carbons (Fsp3) is 0.500. The molecule has 1 saturated heterocycles. The maximum Gasteiger partial charge on any atom is 0.357 e. The van der Waals surface area contributed by atoms with Crippen molar-refractivity contribution in [3.63, 3.8) is 0 Å². The van der Waals surface area contributed by atoms with Crippen LogP contribution in [0.15, 0.2) is 31.0 Å². The van der Waals surface area contributed by atoms with Crippen LogP contribution in [-0.2, 0) is 4.74 Å². The fourth-order valence-corrected chi connectivity index (χ4v) is 3.11. The van der Waals surface area contributed by atoms with Crippen molar-refractivity contribution in [1.82, 2.24) is 19.5 Å². The van der Waals surface area contributed by atoms with Gasteiger partial charge in [-0.05, 0) is 18.9 Å². The summed E-state index contributed by atoms with van der Waals surface area (Å²) < 4.78 is 7.59. The first-order chi connectivity index (χ1) is 11.3. The van der Waals surface area contributed by atoms with E-state index in [-0.39, 0.29) is 12.1 Å². The second-order valence-electron chi connectivity index (χ2n) is 6.10. The van der Waals surface area contributed by atoms with E-state index in [4.69, 9.17) is 4.74 Å². The van der Waals surface area contributed by atoms with Gasteiger partial charge in [0.25, 0.3) is 0 Å². The van der Waals surface area contributed by atoms with Crippen LogP contribution in [-0.4, -0.2) is 44.7 Å². The lowest BCUT2D eigenvalue weighted by Crippen LogP contribution is -2.34. The van der Waals surface area contributed by atoms with Gasteiger partial charge in [-0.3, -0.25) is 0 Å². The average Bonchev–Trinajstić information content (AvgIpc) is 3.23. The number of esters is 1. The standard InChI is InChI=1S/C16H19N5O2/c22-15(23-13-9-12(10-13)21-8-5-17-11-21)14-3-4-18-16(19-14)20-6-1-2-7-20/h3-5,8,11-13H,1-2,6-7,9-10H2. The zero-order valence-corrected chi connectivity index (χ0v) is 12.8. The minimum absolute atomic E-state index is 0.0416. The minimum atomic E-state index is -0.359. The highest BCUT2D eigenvalue weighted by Crippen LogP contribution is 2.34. The van der Waals surface area contributed by atoms with Crippen molar-refractivity contribution in [1.29, 1.82) is 0 Å². The molecular formula is C16H19N5O2. The van der Waals surface area contributed by atoms with Crippen LogP contribution in [0.3, 0.4) is 0 Å². The first-order valence-electron chi connectivity index (χ1n) is 8.06. The van der Waals surface area contributed by atoms with Gasteiger partial charge >= 0.3 is 5.97 Å². The van der Waals surface area contributed by atoms with Gasteiger partial charge in [-0.1, -0.05) is 0 Å². The first kappa shape index (κ1) is 14.2. The largest absolute Gasteiger partial charge is 0.457 e. The van der Waals surface area contributed by atoms with E-state index in [1.807, 2.05) is 6.20 Å². The van der Waals surface area contributed by atoms with Crippen LogP contribution in [0, 0.1) is 0 Å². The maximum atomic E-state index is 12.3. The molecule has 0 N–H and O–H groups in total. The highest BCUT2D eigenvalue weighted by atomic mass is 16.5. The van der Waals surface area contributed by atoms with Crippen molar-refractivity contribution in [3.05, 3.63) is 36.7 Å². The fourth-order valence-electron chi connectivity index (χ4n) is 3.11. The van der Waals surface area contributed by atoms with Crippen molar-refractivity contribution in [2.75, 3.05) is 18.0 Å². The summed E-state index contributed by atoms with van der Waals surface area (Å²) in [5.74, 6) is 0.267. The van der Waals surface area contributed by atoms with Crippen molar-refractivity contribution in [2.24, 2.45) is 0 Å². The summed E-state index contributed by atoms with van der Waals surface area (Å²) in [5.41, 5.74) is 0.341. The summed E-state index contributed by atoms with van der Waals surface area (Å²) in [6.45, 7) is 1.90. The van der Waals surface area contributed by atoms with E-state index in [1.54, 1.807) is 24.8 Å². The van der Waals surface area contributed by atoms with Crippen LogP contribution in [0.2, 0.25) is 0 Å². The van der Waals surface area contributed by atoms with Gasteiger partial charge in [-0.15, -0.1) is 0 Å². The highest BCUT2D eigenvalue weighted by Gasteiger charge is 2.33. The van der Waals surface area contributed by atoms with Crippen LogP contribution < -0.4 is 4.90 Å². The lowest BCUT2D eigenvalue weighted by atomic mass is 9.89. The van der Waals surface area contributed by atoms with Crippen molar-refractivity contribution in [3.8, 4) is 0 Å². The third kappa shape index (κ3) is 2.91. The lowest BCUT2D eigenvalue weighted by Gasteiger charge is -2.35. The highest BCUT2D eigenvalue weighted by molar-refractivity contribution is 5.87. The van der Waals surface area contributed by atoms with Crippen LogP contribution in [0.1, 0.15) is 42.2 Å². The average molecular weight is 313 g/mol. The Hall–Kier alpha value is -2.44. The third-order valence-electron chi connectivity index (χ3n) is 4.53. The maximum absolute atomic E-state index is 12.3. The SMILES string of the molecule is O=C(OC1CC(n2ccnc2)C1)c1ccnc(N2CCCC2)n1. The van der Waals surface area contributed by atoms with Crippen LogP contribution in [0.5, 0.6) is 0 Å². The predicted octanol–water partition coefficient (Wildman–Crippen LogP) is 1.83. The van der Waals surface area contributed by atoms with Gasteiger partial charge < -0.3 is 14.2 Å². The Balaban J connectivity index is 1.35. The van der Waals surface area contributed by atoms with Gasteiger partial charge in [0.1, 0.15) is 6.10 Å². The Labute approximate surface area is 134 Å². The van der Waals surface area contributed by atoms with Gasteiger partial charge in [-0.2, -0.15) is 0 Å². The molecule has 7 nitrogen and oxygen atoms in total. The van der Waals surface area contributed by atoms with Gasteiger partial charge in [0.2, 0.25) is 5.95 Å². The van der Waals surface area contributed by atoms with E-state index in [0.717, 1.165) is 38.8 Å². The number of hydrogen-bond donors (Lipinski definition) is 0. The van der Waals surface area contributed by atoms with E-state index >= 15 is 0 Å². The Morgan fingerprint density at radius 1 is 1.22 bits per heavy atom. The number of aromatic nitrogens is 4. The molecule has 0 spiro atoms. The zero-order valence-electron chi connectivity index (χ0n) is 12.8. The van der Waals surface area contributed by atoms with Crippen molar-refractivity contribution in [2.45, 2.75) is 37.8 Å². The Bertz CT molecular complexity index is 676. The smallest absolute Gasteiger partial charge is 0.357 e. The zero-order chi connectivity index (χ0) is 15.6. The van der Waals surface area contributed by atoms with E-state index in [2.05, 4.69) is 24.4 Å². The van der Waals surface area contributed by atoms with Gasteiger partial charge in [0, 0.05) is 50.6 Å². The first-order valence-corrected chi connectivity index (χ1v) is 8.06. The number of anilines is 1. The van der Waals surface area contributed by atoms with E-state index in [0.29, 0.717) is 17.7 Å². The molecule has 2 fully saturated rings. The summed E-state index contributed by atoms with van der Waals surface area (Å²) in [6, 6.07) is 1.99. The monoisotopic (exact) mass is 313 g/mol. The molecule has 1 aliphatic heterocycles. The number of hydrogen-bond acceptors (Lipinski definition) is 6. The second-order valence-corrected chi connectivity index (χ2v) is 6.10. The molecule has 0 bridgehead atoms. The number of rotatable bonds is 4. The molecule has 2 aliphatic rings. The van der Waals surface area contributed by atoms with Crippen LogP contribution in [0.4, 0.5) is 5.95 Å². The number of ether oxygens (including phenoxy) is 1. The second kappa shape index (κ2) is 5.98. The molecule has 0 radical (unpaired) electrons. The Morgan fingerprint density at radius 3 is 2.78 bits per heavy atom. The molecule has 0 aromatic carbocycles. The van der Waals surface area contributed by atoms with Crippen LogP contribution >= 0.6 is 0 Å². The molecule has 1 aliphatic carbocycles. The Kier molecular flexibility index (Phi) is 3.69. The van der Waals surface area contributed by atoms with E-state index in [1.165, 1.54) is 0 Å². The molecule has 0 unspecified atom stereocenters. The molecule has 3 heterocycles. The molecule has 7 heteroatoms. The molecule has 0 atom stereocenters. The number of imidazole rings is 1. The third-order valence-corrected chi connectivity index (χ3v) is 4.53. The summed E-state index contributed by atoms with van der Waals surface area (Å²) >= 11 is 0. The van der Waals surface area contributed by atoms with Crippen molar-refractivity contribution >= 4 is 11.9 Å². The normalized spacial score (nSPS) is 23.6. The number of carbonyl (C=O) groups is 1. The molecule has 1 saturated carbocycles. The minimum Gasteiger partial charge on any atom is -0.457 e. The van der Waals surface area contributed by atoms with Gasteiger partial charge in [0.15, 0.2) is 5.69 Å². The molecule has 23 heavy (non-hydrogen) atoms. The number of carbonyl (C=O) groups excluding carboxylic acids is 1. The summed E-state index contributed by atoms with van der Waals surface area (Å²) in [5, 5.41) is 0. The summed E-state index contributed by atoms with van der Waals surface area (Å²) in [4.78, 5) is 27.0. The number of nitrogens with zero attached hydrogens (tertiary/aromatic N) is 5. The van der Waals surface area contributed by atoms with Crippen LogP contribution in [0.25, 0.3) is 0 Å². The van der Waals surface area contributed by atoms with E-state index < -0.39 is 0 Å². The summed E-state index contributed by atoms with van der Waals surface area (Å²) in [6.07, 6.45) is 11.0. The quantitative estimate of drug-likeness (QED) is 0.802. The predicted molar refractivity (Wildman–Crippen MR) is 83.2 cm³/mol. The molecule has 120 valence electrons. The van der Waals surface area contributed by atoms with E-state index in [9.17, 15) is 4.79 Å². The molecule has 0 amide bonds. The molecular weight excluding hydrogens is 294 g/mol. The van der Waals surface area contributed by atoms with Gasteiger partial charge in [0.05, 0.1) is 6.33 Å². The topological polar surface area (TPSA) is 73.1 Å². The Morgan fingerprint density at radius 2 is 2.04 bits per heavy atom. The van der Waals surface area contributed by atoms with Crippen molar-refractivity contribution < 1.29 is 9.53 Å².